The minimum Gasteiger partial charge on any atom is -0.382 e. The first kappa shape index (κ1) is 9.51. The summed E-state index contributed by atoms with van der Waals surface area (Å²) in [6, 6.07) is 3.71. The molecular weight excluding hydrogens is 164 g/mol. The van der Waals surface area contributed by atoms with Gasteiger partial charge in [0.1, 0.15) is 5.82 Å². The number of nitrogens with zero attached hydrogens (tertiary/aromatic N) is 3. The summed E-state index contributed by atoms with van der Waals surface area (Å²) < 4.78 is 1.72. The number of nitrogen functional groups attached to an aromatic ring is 1. The summed E-state index contributed by atoms with van der Waals surface area (Å²) in [5.74, 6) is 0.545. The van der Waals surface area contributed by atoms with Gasteiger partial charge in [0.15, 0.2) is 5.65 Å². The topological polar surface area (TPSA) is 56.2 Å². The van der Waals surface area contributed by atoms with Crippen LogP contribution in [0.1, 0.15) is 19.5 Å². The van der Waals surface area contributed by atoms with Gasteiger partial charge in [-0.15, -0.1) is 0 Å². The van der Waals surface area contributed by atoms with Crippen molar-refractivity contribution in [2.24, 2.45) is 0 Å². The monoisotopic (exact) mass is 178 g/mol. The SMILES string of the molecule is CC.Cc1c(N)nc2cccnn12. The van der Waals surface area contributed by atoms with Crippen LogP contribution in [0.3, 0.4) is 0 Å². The lowest BCUT2D eigenvalue weighted by Gasteiger charge is -1.90. The van der Waals surface area contributed by atoms with Gasteiger partial charge in [0.2, 0.25) is 0 Å². The Kier molecular flexibility index (Phi) is 2.84. The van der Waals surface area contributed by atoms with Crippen LogP contribution in [0, 0.1) is 6.92 Å². The van der Waals surface area contributed by atoms with Gasteiger partial charge in [-0.2, -0.15) is 5.10 Å². The highest BCUT2D eigenvalue weighted by atomic mass is 15.3. The molecule has 13 heavy (non-hydrogen) atoms. The summed E-state index contributed by atoms with van der Waals surface area (Å²) in [4.78, 5) is 4.09. The molecule has 0 aromatic carbocycles. The molecule has 0 fully saturated rings. The van der Waals surface area contributed by atoms with Gasteiger partial charge in [-0.3, -0.25) is 0 Å². The van der Waals surface area contributed by atoms with Crippen molar-refractivity contribution in [3.63, 3.8) is 0 Å². The Morgan fingerprint density at radius 2 is 2.08 bits per heavy atom. The number of fused-ring (bicyclic) bond motifs is 1. The van der Waals surface area contributed by atoms with E-state index in [2.05, 4.69) is 10.1 Å². The Morgan fingerprint density at radius 1 is 1.38 bits per heavy atom. The van der Waals surface area contributed by atoms with Crippen LogP contribution in [0.5, 0.6) is 0 Å². The zero-order valence-corrected chi connectivity index (χ0v) is 8.15. The number of anilines is 1. The summed E-state index contributed by atoms with van der Waals surface area (Å²) in [5, 5.41) is 4.08. The first-order chi connectivity index (χ1) is 6.29. The minimum atomic E-state index is 0.545. The zero-order valence-electron chi connectivity index (χ0n) is 8.15. The molecule has 4 heteroatoms. The van der Waals surface area contributed by atoms with Crippen molar-refractivity contribution in [2.45, 2.75) is 20.8 Å². The molecule has 0 aliphatic carbocycles. The summed E-state index contributed by atoms with van der Waals surface area (Å²) >= 11 is 0. The molecule has 0 unspecified atom stereocenters. The van der Waals surface area contributed by atoms with Crippen LogP contribution in [0.4, 0.5) is 5.82 Å². The Morgan fingerprint density at radius 3 is 2.69 bits per heavy atom. The van der Waals surface area contributed by atoms with Gasteiger partial charge in [0, 0.05) is 6.20 Å². The Labute approximate surface area is 77.4 Å². The quantitative estimate of drug-likeness (QED) is 0.667. The van der Waals surface area contributed by atoms with Crippen molar-refractivity contribution in [1.29, 1.82) is 0 Å². The summed E-state index contributed by atoms with van der Waals surface area (Å²) in [6.07, 6.45) is 1.71. The maximum atomic E-state index is 5.58. The van der Waals surface area contributed by atoms with E-state index in [1.807, 2.05) is 32.9 Å². The van der Waals surface area contributed by atoms with Crippen molar-refractivity contribution < 1.29 is 0 Å². The number of imidazole rings is 1. The summed E-state index contributed by atoms with van der Waals surface area (Å²) in [7, 11) is 0. The fourth-order valence-corrected chi connectivity index (χ4v) is 1.02. The standard InChI is InChI=1S/C7H8N4.C2H6/c1-5-7(8)10-6-3-2-4-9-11(5)6;1-2/h2-4H,8H2,1H3;1-2H3. The molecule has 2 aromatic heterocycles. The predicted octanol–water partition coefficient (Wildman–Crippen LogP) is 1.65. The second kappa shape index (κ2) is 3.89. The highest BCUT2D eigenvalue weighted by molar-refractivity contribution is 5.49. The van der Waals surface area contributed by atoms with Crippen LogP contribution in [0.2, 0.25) is 0 Å². The van der Waals surface area contributed by atoms with Crippen LogP contribution < -0.4 is 5.73 Å². The van der Waals surface area contributed by atoms with Crippen molar-refractivity contribution in [3.05, 3.63) is 24.0 Å². The number of aryl methyl sites for hydroxylation is 1. The van der Waals surface area contributed by atoms with Gasteiger partial charge >= 0.3 is 0 Å². The lowest BCUT2D eigenvalue weighted by Crippen LogP contribution is -1.92. The molecule has 4 nitrogen and oxygen atoms in total. The second-order valence-corrected chi connectivity index (χ2v) is 2.38. The molecule has 2 heterocycles. The van der Waals surface area contributed by atoms with E-state index in [1.54, 1.807) is 10.7 Å². The second-order valence-electron chi connectivity index (χ2n) is 2.38. The number of hydrogen-bond donors (Lipinski definition) is 1. The predicted molar refractivity (Wildman–Crippen MR) is 53.5 cm³/mol. The molecule has 0 spiro atoms. The average molecular weight is 178 g/mol. The maximum Gasteiger partial charge on any atom is 0.156 e. The molecular formula is C9H14N4. The third kappa shape index (κ3) is 1.61. The summed E-state index contributed by atoms with van der Waals surface area (Å²) in [6.45, 7) is 5.89. The van der Waals surface area contributed by atoms with Gasteiger partial charge in [0.05, 0.1) is 5.69 Å². The van der Waals surface area contributed by atoms with E-state index in [0.29, 0.717) is 5.82 Å². The molecule has 2 rings (SSSR count). The van der Waals surface area contributed by atoms with E-state index in [-0.39, 0.29) is 0 Å². The van der Waals surface area contributed by atoms with Gasteiger partial charge in [0.25, 0.3) is 0 Å². The van der Waals surface area contributed by atoms with Crippen LogP contribution in [-0.2, 0) is 0 Å². The highest BCUT2D eigenvalue weighted by Gasteiger charge is 2.02. The van der Waals surface area contributed by atoms with E-state index < -0.39 is 0 Å². The number of aromatic nitrogens is 3. The normalized spacial score (nSPS) is 9.46. The van der Waals surface area contributed by atoms with Crippen molar-refractivity contribution in [1.82, 2.24) is 14.6 Å². The number of nitrogens with two attached hydrogens (primary N) is 1. The smallest absolute Gasteiger partial charge is 0.156 e. The molecule has 0 bridgehead atoms. The highest BCUT2D eigenvalue weighted by Crippen LogP contribution is 2.09. The summed E-state index contributed by atoms with van der Waals surface area (Å²) in [5.41, 5.74) is 7.26. The van der Waals surface area contributed by atoms with Crippen molar-refractivity contribution in [2.75, 3.05) is 5.73 Å². The molecule has 0 atom stereocenters. The first-order valence-corrected chi connectivity index (χ1v) is 4.35. The van der Waals surface area contributed by atoms with Gasteiger partial charge in [-0.1, -0.05) is 13.8 Å². The Bertz CT molecular complexity index is 391. The lowest BCUT2D eigenvalue weighted by atomic mass is 10.5. The third-order valence-corrected chi connectivity index (χ3v) is 1.65. The molecule has 0 amide bonds. The third-order valence-electron chi connectivity index (χ3n) is 1.65. The van der Waals surface area contributed by atoms with Crippen LogP contribution in [-0.4, -0.2) is 14.6 Å². The number of hydrogen-bond acceptors (Lipinski definition) is 3. The molecule has 2 N–H and O–H groups in total. The molecule has 0 aliphatic rings. The fraction of sp³-hybridized carbons (Fsp3) is 0.333. The van der Waals surface area contributed by atoms with Crippen molar-refractivity contribution >= 4 is 11.5 Å². The molecule has 70 valence electrons. The molecule has 0 aliphatic heterocycles. The van der Waals surface area contributed by atoms with E-state index in [4.69, 9.17) is 5.73 Å². The first-order valence-electron chi connectivity index (χ1n) is 4.35. The maximum absolute atomic E-state index is 5.58. The number of rotatable bonds is 0. The van der Waals surface area contributed by atoms with E-state index in [1.165, 1.54) is 0 Å². The van der Waals surface area contributed by atoms with E-state index in [9.17, 15) is 0 Å². The minimum absolute atomic E-state index is 0.545. The average Bonchev–Trinajstić information content (AvgIpc) is 2.47. The molecule has 2 aromatic rings. The fourth-order valence-electron chi connectivity index (χ4n) is 1.02. The molecule has 0 saturated heterocycles. The van der Waals surface area contributed by atoms with Gasteiger partial charge in [-0.05, 0) is 19.1 Å². The van der Waals surface area contributed by atoms with Crippen LogP contribution in [0.25, 0.3) is 5.65 Å². The zero-order chi connectivity index (χ0) is 9.84. The van der Waals surface area contributed by atoms with E-state index in [0.717, 1.165) is 11.3 Å². The Balaban J connectivity index is 0.000000396. The van der Waals surface area contributed by atoms with E-state index >= 15 is 0 Å². The van der Waals surface area contributed by atoms with Gasteiger partial charge < -0.3 is 5.73 Å². The van der Waals surface area contributed by atoms with Crippen LogP contribution in [0.15, 0.2) is 18.3 Å². The van der Waals surface area contributed by atoms with Gasteiger partial charge in [-0.25, -0.2) is 9.50 Å². The molecule has 0 radical (unpaired) electrons. The van der Waals surface area contributed by atoms with Crippen molar-refractivity contribution in [3.8, 4) is 0 Å². The Hall–Kier alpha value is -1.58. The van der Waals surface area contributed by atoms with Crippen LogP contribution >= 0.6 is 0 Å². The molecule has 0 saturated carbocycles. The largest absolute Gasteiger partial charge is 0.382 e. The lowest BCUT2D eigenvalue weighted by molar-refractivity contribution is 0.900.